The van der Waals surface area contributed by atoms with Gasteiger partial charge in [-0.3, -0.25) is 58.1 Å². The zero-order valence-corrected chi connectivity index (χ0v) is 35.6. The molecule has 25 heteroatoms. The number of nitrogens with zero attached hydrogens (tertiary/aromatic N) is 7. The molecule has 0 saturated carbocycles. The van der Waals surface area contributed by atoms with E-state index in [2.05, 4.69) is 41.2 Å². The Morgan fingerprint density at radius 1 is 0.652 bits per heavy atom. The number of fused-ring (bicyclic) bond motifs is 1. The number of anilines is 4. The monoisotopic (exact) mass is 917 g/mol. The van der Waals surface area contributed by atoms with Gasteiger partial charge in [0.2, 0.25) is 17.8 Å². The van der Waals surface area contributed by atoms with Crippen LogP contribution < -0.4 is 32.6 Å². The minimum absolute atomic E-state index is 0.0252. The number of carboxylic acids is 4. The first-order valence-corrected chi connectivity index (χ1v) is 20.6. The summed E-state index contributed by atoms with van der Waals surface area (Å²) in [6.45, 7) is 1.15. The van der Waals surface area contributed by atoms with E-state index in [1.807, 2.05) is 0 Å². The fourth-order valence-electron chi connectivity index (χ4n) is 6.81. The first kappa shape index (κ1) is 49.4. The number of nitrogens with two attached hydrogens (primary N) is 1. The molecule has 11 N–H and O–H groups in total. The van der Waals surface area contributed by atoms with Crippen LogP contribution in [-0.2, 0) is 35.3 Å². The standard InChI is InChI=1S/C41H51N13O12/c42-41-49-37-36(39(64)50-41)47-29(20-44-37)19-43-26-3-1-25(2-4-26)38(63)48-30(40(65)66)9-10-31(55)45-27-5-7-28(8-6-27)46-32(56)21-51-11-13-52(22-33(57)58)15-17-54(24-35(61)62)18-16-53(14-12-51)23-34(59)60/h1-8,20,30,43H,9-19,21-24H2,(H,45,55)(H,46,56)(H,48,63)(H,57,58)(H,59,60)(H,61,62)(H,65,66)(H3,42,44,49,50,64)/t30-/m0/s1. The van der Waals surface area contributed by atoms with Crippen molar-refractivity contribution in [2.45, 2.75) is 25.4 Å². The second-order valence-corrected chi connectivity index (χ2v) is 15.3. The van der Waals surface area contributed by atoms with Crippen LogP contribution in [0.15, 0.2) is 59.5 Å². The Morgan fingerprint density at radius 3 is 1.61 bits per heavy atom. The van der Waals surface area contributed by atoms with Crippen LogP contribution in [0.3, 0.4) is 0 Å². The number of aromatic nitrogens is 4. The summed E-state index contributed by atoms with van der Waals surface area (Å²) < 4.78 is 0. The van der Waals surface area contributed by atoms with E-state index < -0.39 is 53.2 Å². The summed E-state index contributed by atoms with van der Waals surface area (Å²) in [6.07, 6.45) is 0.961. The van der Waals surface area contributed by atoms with E-state index in [1.165, 1.54) is 30.5 Å². The lowest BCUT2D eigenvalue weighted by molar-refractivity contribution is -0.140. The number of carbonyl (C=O) groups is 7. The summed E-state index contributed by atoms with van der Waals surface area (Å²) in [6, 6.07) is 10.9. The summed E-state index contributed by atoms with van der Waals surface area (Å²) >= 11 is 0. The highest BCUT2D eigenvalue weighted by molar-refractivity contribution is 5.97. The molecule has 3 heterocycles. The smallest absolute Gasteiger partial charge is 0.326 e. The molecule has 1 aliphatic rings. The van der Waals surface area contributed by atoms with Crippen molar-refractivity contribution in [2.75, 3.05) is 100 Å². The minimum atomic E-state index is -1.39. The Hall–Kier alpha value is -7.61. The lowest BCUT2D eigenvalue weighted by Crippen LogP contribution is -2.49. The van der Waals surface area contributed by atoms with Crippen molar-refractivity contribution in [3.05, 3.63) is 76.3 Å². The van der Waals surface area contributed by atoms with Crippen molar-refractivity contribution in [1.82, 2.24) is 44.9 Å². The lowest BCUT2D eigenvalue weighted by atomic mass is 10.1. The molecule has 0 spiro atoms. The highest BCUT2D eigenvalue weighted by atomic mass is 16.4. The first-order chi connectivity index (χ1) is 31.5. The molecule has 0 bridgehead atoms. The molecule has 0 unspecified atom stereocenters. The second kappa shape index (κ2) is 23.9. The van der Waals surface area contributed by atoms with Gasteiger partial charge in [-0.15, -0.1) is 0 Å². The Morgan fingerprint density at radius 2 is 1.12 bits per heavy atom. The van der Waals surface area contributed by atoms with Gasteiger partial charge in [-0.1, -0.05) is 0 Å². The van der Waals surface area contributed by atoms with E-state index in [0.29, 0.717) is 22.8 Å². The van der Waals surface area contributed by atoms with Crippen molar-refractivity contribution in [2.24, 2.45) is 0 Å². The number of hydrogen-bond donors (Lipinski definition) is 10. The van der Waals surface area contributed by atoms with Crippen LogP contribution in [-0.4, -0.2) is 186 Å². The number of carboxylic acid groups (broad SMARTS) is 4. The topological polar surface area (TPSA) is 359 Å². The molecule has 3 amide bonds. The van der Waals surface area contributed by atoms with Gasteiger partial charge in [0.15, 0.2) is 11.2 Å². The Kier molecular flexibility index (Phi) is 17.9. The van der Waals surface area contributed by atoms with E-state index in [0.717, 1.165) is 0 Å². The van der Waals surface area contributed by atoms with Gasteiger partial charge in [0.25, 0.3) is 11.5 Å². The van der Waals surface area contributed by atoms with Crippen LogP contribution in [0.2, 0.25) is 0 Å². The zero-order chi connectivity index (χ0) is 47.8. The molecule has 2 aromatic heterocycles. The summed E-state index contributed by atoms with van der Waals surface area (Å²) in [7, 11) is 0. The number of aromatic amines is 1. The number of hydrogen-bond acceptors (Lipinski definition) is 17. The quantitative estimate of drug-likeness (QED) is 0.0535. The molecule has 1 aliphatic heterocycles. The van der Waals surface area contributed by atoms with Gasteiger partial charge >= 0.3 is 23.9 Å². The predicted octanol–water partition coefficient (Wildman–Crippen LogP) is -1.08. The number of rotatable bonds is 19. The van der Waals surface area contributed by atoms with Crippen LogP contribution in [0.4, 0.5) is 23.0 Å². The maximum atomic E-state index is 13.2. The lowest BCUT2D eigenvalue weighted by Gasteiger charge is -2.32. The zero-order valence-electron chi connectivity index (χ0n) is 35.6. The van der Waals surface area contributed by atoms with E-state index in [4.69, 9.17) is 5.73 Å². The Labute approximate surface area is 376 Å². The third-order valence-corrected chi connectivity index (χ3v) is 10.2. The fourth-order valence-corrected chi connectivity index (χ4v) is 6.81. The Balaban J connectivity index is 1.08. The van der Waals surface area contributed by atoms with Gasteiger partial charge < -0.3 is 47.4 Å². The van der Waals surface area contributed by atoms with Gasteiger partial charge in [-0.25, -0.2) is 14.8 Å². The van der Waals surface area contributed by atoms with Gasteiger partial charge in [0, 0.05) is 81.4 Å². The second-order valence-electron chi connectivity index (χ2n) is 15.3. The minimum Gasteiger partial charge on any atom is -0.480 e. The molecule has 25 nitrogen and oxygen atoms in total. The molecule has 1 atom stereocenters. The van der Waals surface area contributed by atoms with Gasteiger partial charge in [-0.05, 0) is 55.0 Å². The molecule has 2 aromatic carbocycles. The highest BCUT2D eigenvalue weighted by Gasteiger charge is 2.23. The number of amides is 3. The van der Waals surface area contributed by atoms with Gasteiger partial charge in [0.1, 0.15) is 6.04 Å². The fraction of sp³-hybridized carbons (Fsp3) is 0.390. The predicted molar refractivity (Wildman–Crippen MR) is 237 cm³/mol. The first-order valence-electron chi connectivity index (χ1n) is 20.6. The number of aliphatic carboxylic acids is 4. The van der Waals surface area contributed by atoms with Crippen molar-refractivity contribution in [3.8, 4) is 0 Å². The third-order valence-electron chi connectivity index (χ3n) is 10.2. The SMILES string of the molecule is Nc1nc2ncc(CNc3ccc(C(=O)N[C@@H](CCC(=O)Nc4ccc(NC(=O)CN5CCN(CC(=O)O)CCN(CC(=O)O)CCN(CC(=O)O)CC5)cc4)C(=O)O)cc3)nc2c(=O)[nH]1. The molecule has 352 valence electrons. The molecule has 66 heavy (non-hydrogen) atoms. The van der Waals surface area contributed by atoms with Crippen molar-refractivity contribution in [1.29, 1.82) is 0 Å². The molecule has 1 fully saturated rings. The molecule has 0 aliphatic carbocycles. The van der Waals surface area contributed by atoms with Crippen LogP contribution in [0, 0.1) is 0 Å². The van der Waals surface area contributed by atoms with Gasteiger partial charge in [0.05, 0.1) is 44.6 Å². The number of carbonyl (C=O) groups excluding carboxylic acids is 3. The largest absolute Gasteiger partial charge is 0.480 e. The molecular weight excluding hydrogens is 867 g/mol. The van der Waals surface area contributed by atoms with E-state index in [-0.39, 0.29) is 121 Å². The van der Waals surface area contributed by atoms with Crippen molar-refractivity contribution >= 4 is 75.8 Å². The molecular formula is C41H51N13O12. The highest BCUT2D eigenvalue weighted by Crippen LogP contribution is 2.16. The summed E-state index contributed by atoms with van der Waals surface area (Å²) in [5.74, 6) is -6.22. The molecule has 0 radical (unpaired) electrons. The van der Waals surface area contributed by atoms with E-state index >= 15 is 0 Å². The number of benzene rings is 2. The summed E-state index contributed by atoms with van der Waals surface area (Å²) in [5, 5.41) is 49.0. The summed E-state index contributed by atoms with van der Waals surface area (Å²) in [4.78, 5) is 119. The van der Waals surface area contributed by atoms with Crippen molar-refractivity contribution in [3.63, 3.8) is 0 Å². The number of nitrogen functional groups attached to an aromatic ring is 1. The maximum absolute atomic E-state index is 13.2. The molecule has 5 rings (SSSR count). The van der Waals surface area contributed by atoms with Crippen molar-refractivity contribution < 1.29 is 54.0 Å². The number of nitrogens with one attached hydrogen (secondary N) is 5. The number of H-pyrrole nitrogens is 1. The average Bonchev–Trinajstić information content (AvgIpc) is 3.25. The van der Waals surface area contributed by atoms with Gasteiger partial charge in [-0.2, -0.15) is 4.98 Å². The Bertz CT molecular complexity index is 2400. The van der Waals surface area contributed by atoms with Crippen LogP contribution in [0.5, 0.6) is 0 Å². The van der Waals surface area contributed by atoms with E-state index in [9.17, 15) is 58.8 Å². The maximum Gasteiger partial charge on any atom is 0.326 e. The van der Waals surface area contributed by atoms with Crippen LogP contribution in [0.1, 0.15) is 28.9 Å². The van der Waals surface area contributed by atoms with Crippen LogP contribution in [0.25, 0.3) is 11.2 Å². The van der Waals surface area contributed by atoms with E-state index in [1.54, 1.807) is 43.9 Å². The normalized spacial score (nSPS) is 15.1. The third kappa shape index (κ3) is 16.2. The average molecular weight is 918 g/mol. The summed E-state index contributed by atoms with van der Waals surface area (Å²) in [5.41, 5.74) is 7.08. The molecule has 1 saturated heterocycles. The molecule has 4 aromatic rings. The van der Waals surface area contributed by atoms with Crippen LogP contribution >= 0.6 is 0 Å².